The monoisotopic (exact) mass is 169 g/mol. The van der Waals surface area contributed by atoms with E-state index in [1.54, 1.807) is 12.3 Å². The standard InChI is InChI=1S/C8H8ClNO/c1-2-8(11)6-3-4-10-5-7(6)9/h2-5,8,11H,1H2. The normalized spacial score (nSPS) is 12.5. The Bertz CT molecular complexity index is 262. The Morgan fingerprint density at radius 1 is 1.73 bits per heavy atom. The van der Waals surface area contributed by atoms with Gasteiger partial charge in [-0.3, -0.25) is 4.98 Å². The molecule has 0 saturated carbocycles. The molecule has 1 heterocycles. The molecule has 0 saturated heterocycles. The molecule has 0 radical (unpaired) electrons. The van der Waals surface area contributed by atoms with Crippen LogP contribution in [0.1, 0.15) is 11.7 Å². The largest absolute Gasteiger partial charge is 0.384 e. The second-order valence-corrected chi connectivity index (χ2v) is 2.48. The molecular formula is C8H8ClNO. The summed E-state index contributed by atoms with van der Waals surface area (Å²) < 4.78 is 0. The van der Waals surface area contributed by atoms with Gasteiger partial charge in [-0.2, -0.15) is 0 Å². The van der Waals surface area contributed by atoms with Crippen molar-refractivity contribution in [3.05, 3.63) is 41.7 Å². The SMILES string of the molecule is C=CC(O)c1ccncc1Cl. The van der Waals surface area contributed by atoms with Crippen LogP contribution >= 0.6 is 11.6 Å². The maximum Gasteiger partial charge on any atom is 0.0984 e. The first kappa shape index (κ1) is 8.24. The van der Waals surface area contributed by atoms with E-state index in [9.17, 15) is 5.11 Å². The molecule has 58 valence electrons. The average Bonchev–Trinajstić information content (AvgIpc) is 2.04. The fourth-order valence-electron chi connectivity index (χ4n) is 0.753. The number of hydrogen-bond acceptors (Lipinski definition) is 2. The van der Waals surface area contributed by atoms with Crippen LogP contribution in [0.2, 0.25) is 5.02 Å². The number of halogens is 1. The lowest BCUT2D eigenvalue weighted by Gasteiger charge is -2.05. The van der Waals surface area contributed by atoms with Gasteiger partial charge >= 0.3 is 0 Å². The Hall–Kier alpha value is -0.860. The summed E-state index contributed by atoms with van der Waals surface area (Å²) in [6, 6.07) is 1.66. The second kappa shape index (κ2) is 3.51. The van der Waals surface area contributed by atoms with Crippen LogP contribution in [0.4, 0.5) is 0 Å². The summed E-state index contributed by atoms with van der Waals surface area (Å²) in [5.41, 5.74) is 0.636. The van der Waals surface area contributed by atoms with Gasteiger partial charge in [-0.05, 0) is 6.07 Å². The lowest BCUT2D eigenvalue weighted by Crippen LogP contribution is -1.93. The molecule has 0 bridgehead atoms. The smallest absolute Gasteiger partial charge is 0.0984 e. The van der Waals surface area contributed by atoms with E-state index in [2.05, 4.69) is 11.6 Å². The minimum atomic E-state index is -0.703. The van der Waals surface area contributed by atoms with E-state index in [1.807, 2.05) is 0 Å². The van der Waals surface area contributed by atoms with Crippen molar-refractivity contribution >= 4 is 11.6 Å². The lowest BCUT2D eigenvalue weighted by molar-refractivity contribution is 0.229. The van der Waals surface area contributed by atoms with Crippen molar-refractivity contribution in [2.24, 2.45) is 0 Å². The second-order valence-electron chi connectivity index (χ2n) is 2.08. The Balaban J connectivity index is 3.02. The lowest BCUT2D eigenvalue weighted by atomic mass is 10.1. The van der Waals surface area contributed by atoms with E-state index in [0.29, 0.717) is 10.6 Å². The Morgan fingerprint density at radius 2 is 2.45 bits per heavy atom. The van der Waals surface area contributed by atoms with E-state index in [1.165, 1.54) is 12.3 Å². The first-order chi connectivity index (χ1) is 5.25. The summed E-state index contributed by atoms with van der Waals surface area (Å²) in [6.07, 6.45) is 3.78. The highest BCUT2D eigenvalue weighted by Crippen LogP contribution is 2.21. The van der Waals surface area contributed by atoms with Crippen LogP contribution in [0.25, 0.3) is 0 Å². The Labute approximate surface area is 70.2 Å². The van der Waals surface area contributed by atoms with Gasteiger partial charge in [-0.15, -0.1) is 6.58 Å². The zero-order valence-electron chi connectivity index (χ0n) is 5.87. The highest BCUT2D eigenvalue weighted by Gasteiger charge is 2.05. The van der Waals surface area contributed by atoms with Crippen molar-refractivity contribution in [1.82, 2.24) is 4.98 Å². The zero-order chi connectivity index (χ0) is 8.27. The fourth-order valence-corrected chi connectivity index (χ4v) is 0.984. The topological polar surface area (TPSA) is 33.1 Å². The summed E-state index contributed by atoms with van der Waals surface area (Å²) in [5.74, 6) is 0. The molecule has 0 amide bonds. The predicted molar refractivity (Wildman–Crippen MR) is 44.4 cm³/mol. The van der Waals surface area contributed by atoms with Gasteiger partial charge in [0.1, 0.15) is 0 Å². The number of aliphatic hydroxyl groups is 1. The molecule has 1 N–H and O–H groups in total. The third-order valence-electron chi connectivity index (χ3n) is 1.35. The number of nitrogens with zero attached hydrogens (tertiary/aromatic N) is 1. The van der Waals surface area contributed by atoms with Crippen LogP contribution in [0.3, 0.4) is 0 Å². The average molecular weight is 170 g/mol. The molecule has 1 aromatic heterocycles. The molecule has 1 unspecified atom stereocenters. The van der Waals surface area contributed by atoms with E-state index in [-0.39, 0.29) is 0 Å². The number of aliphatic hydroxyl groups excluding tert-OH is 1. The van der Waals surface area contributed by atoms with Crippen LogP contribution in [0.5, 0.6) is 0 Å². The molecule has 1 atom stereocenters. The van der Waals surface area contributed by atoms with Crippen LogP contribution in [0, 0.1) is 0 Å². The van der Waals surface area contributed by atoms with Gasteiger partial charge in [0.25, 0.3) is 0 Å². The highest BCUT2D eigenvalue weighted by molar-refractivity contribution is 6.31. The van der Waals surface area contributed by atoms with Crippen molar-refractivity contribution in [1.29, 1.82) is 0 Å². The third-order valence-corrected chi connectivity index (χ3v) is 1.66. The number of rotatable bonds is 2. The van der Waals surface area contributed by atoms with E-state index in [0.717, 1.165) is 0 Å². The first-order valence-electron chi connectivity index (χ1n) is 3.15. The summed E-state index contributed by atoms with van der Waals surface area (Å²) in [5, 5.41) is 9.74. The molecular weight excluding hydrogens is 162 g/mol. The summed E-state index contributed by atoms with van der Waals surface area (Å²) in [4.78, 5) is 3.78. The van der Waals surface area contributed by atoms with Gasteiger partial charge in [0.05, 0.1) is 11.1 Å². The van der Waals surface area contributed by atoms with Crippen molar-refractivity contribution < 1.29 is 5.11 Å². The van der Waals surface area contributed by atoms with Crippen molar-refractivity contribution in [2.75, 3.05) is 0 Å². The maximum absolute atomic E-state index is 9.28. The summed E-state index contributed by atoms with van der Waals surface area (Å²) >= 11 is 5.73. The predicted octanol–water partition coefficient (Wildman–Crippen LogP) is 1.95. The van der Waals surface area contributed by atoms with Crippen LogP contribution in [-0.4, -0.2) is 10.1 Å². The number of aromatic nitrogens is 1. The third kappa shape index (κ3) is 1.79. The zero-order valence-corrected chi connectivity index (χ0v) is 6.62. The molecule has 0 aliphatic carbocycles. The molecule has 0 aliphatic rings. The molecule has 1 aromatic rings. The van der Waals surface area contributed by atoms with Gasteiger partial charge < -0.3 is 5.11 Å². The molecule has 0 fully saturated rings. The summed E-state index contributed by atoms with van der Waals surface area (Å²) in [7, 11) is 0. The molecule has 3 heteroatoms. The first-order valence-corrected chi connectivity index (χ1v) is 3.53. The maximum atomic E-state index is 9.28. The van der Waals surface area contributed by atoms with Gasteiger partial charge in [-0.25, -0.2) is 0 Å². The molecule has 1 rings (SSSR count). The van der Waals surface area contributed by atoms with E-state index in [4.69, 9.17) is 11.6 Å². The molecule has 11 heavy (non-hydrogen) atoms. The van der Waals surface area contributed by atoms with Crippen LogP contribution in [0.15, 0.2) is 31.1 Å². The Morgan fingerprint density at radius 3 is 3.00 bits per heavy atom. The highest BCUT2D eigenvalue weighted by atomic mass is 35.5. The van der Waals surface area contributed by atoms with Crippen LogP contribution in [-0.2, 0) is 0 Å². The molecule has 0 aliphatic heterocycles. The van der Waals surface area contributed by atoms with E-state index < -0.39 is 6.10 Å². The molecule has 2 nitrogen and oxygen atoms in total. The van der Waals surface area contributed by atoms with Crippen molar-refractivity contribution in [3.63, 3.8) is 0 Å². The van der Waals surface area contributed by atoms with Gasteiger partial charge in [-0.1, -0.05) is 17.7 Å². The minimum Gasteiger partial charge on any atom is -0.384 e. The summed E-state index contributed by atoms with van der Waals surface area (Å²) in [6.45, 7) is 3.45. The number of hydrogen-bond donors (Lipinski definition) is 1. The van der Waals surface area contributed by atoms with E-state index >= 15 is 0 Å². The Kier molecular flexibility index (Phi) is 2.63. The van der Waals surface area contributed by atoms with Crippen LogP contribution < -0.4 is 0 Å². The quantitative estimate of drug-likeness (QED) is 0.687. The van der Waals surface area contributed by atoms with Crippen molar-refractivity contribution in [2.45, 2.75) is 6.10 Å². The molecule has 0 aromatic carbocycles. The minimum absolute atomic E-state index is 0.458. The van der Waals surface area contributed by atoms with Gasteiger partial charge in [0.15, 0.2) is 0 Å². The van der Waals surface area contributed by atoms with Crippen molar-refractivity contribution in [3.8, 4) is 0 Å². The van der Waals surface area contributed by atoms with Gasteiger partial charge in [0.2, 0.25) is 0 Å². The number of pyridine rings is 1. The fraction of sp³-hybridized carbons (Fsp3) is 0.125. The molecule has 0 spiro atoms. The van der Waals surface area contributed by atoms with Gasteiger partial charge in [0, 0.05) is 18.0 Å².